The molecule has 0 atom stereocenters. The van der Waals surface area contributed by atoms with Crippen LogP contribution in [0.25, 0.3) is 5.82 Å². The molecule has 0 fully saturated rings. The number of rotatable bonds is 8. The summed E-state index contributed by atoms with van der Waals surface area (Å²) >= 11 is 6.17. The van der Waals surface area contributed by atoms with Gasteiger partial charge in [0.25, 0.3) is 5.91 Å². The second-order valence-corrected chi connectivity index (χ2v) is 7.01. The maximum absolute atomic E-state index is 12.8. The molecule has 1 amide bonds. The standard InChI is InChI=1S/C21H22ClFN4O2/c1-14-13-15(2)27(26-14)19-10-9-18(22)20(25-19)21(28)24-11-3-4-12-29-17-7-5-16(23)6-8-17/h5-10,13H,3-4,11-12H2,1-2H3,(H,24,28). The highest BCUT2D eigenvalue weighted by Gasteiger charge is 2.15. The molecule has 0 unspecified atom stereocenters. The third kappa shape index (κ3) is 5.54. The summed E-state index contributed by atoms with van der Waals surface area (Å²) in [4.78, 5) is 16.9. The Hall–Kier alpha value is -2.93. The number of aryl methyl sites for hydroxylation is 2. The molecule has 0 aliphatic rings. The number of carbonyl (C=O) groups excluding carboxylic acids is 1. The molecule has 0 spiro atoms. The minimum absolute atomic E-state index is 0.166. The van der Waals surface area contributed by atoms with Gasteiger partial charge in [0.2, 0.25) is 0 Å². The van der Waals surface area contributed by atoms with Gasteiger partial charge >= 0.3 is 0 Å². The SMILES string of the molecule is Cc1cc(C)n(-c2ccc(Cl)c(C(=O)NCCCCOc3ccc(F)cc3)n2)n1. The van der Waals surface area contributed by atoms with Crippen molar-refractivity contribution in [1.82, 2.24) is 20.1 Å². The molecule has 3 rings (SSSR count). The molecule has 29 heavy (non-hydrogen) atoms. The number of aromatic nitrogens is 3. The molecule has 0 saturated heterocycles. The fourth-order valence-electron chi connectivity index (χ4n) is 2.80. The van der Waals surface area contributed by atoms with E-state index in [1.807, 2.05) is 19.9 Å². The summed E-state index contributed by atoms with van der Waals surface area (Å²) in [5.41, 5.74) is 1.96. The maximum Gasteiger partial charge on any atom is 0.271 e. The summed E-state index contributed by atoms with van der Waals surface area (Å²) in [5.74, 6) is 0.525. The van der Waals surface area contributed by atoms with Crippen LogP contribution in [0.4, 0.5) is 4.39 Å². The molecule has 3 aromatic rings. The molecule has 0 saturated carbocycles. The molecular formula is C21H22ClFN4O2. The van der Waals surface area contributed by atoms with Crippen molar-refractivity contribution in [3.8, 4) is 11.6 Å². The van der Waals surface area contributed by atoms with E-state index in [0.29, 0.717) is 24.7 Å². The van der Waals surface area contributed by atoms with Gasteiger partial charge in [-0.3, -0.25) is 4.79 Å². The van der Waals surface area contributed by atoms with Gasteiger partial charge < -0.3 is 10.1 Å². The molecule has 8 heteroatoms. The summed E-state index contributed by atoms with van der Waals surface area (Å²) < 4.78 is 20.0. The van der Waals surface area contributed by atoms with Crippen LogP contribution in [0.1, 0.15) is 34.7 Å². The van der Waals surface area contributed by atoms with Gasteiger partial charge in [0, 0.05) is 12.2 Å². The van der Waals surface area contributed by atoms with E-state index in [1.54, 1.807) is 28.9 Å². The monoisotopic (exact) mass is 416 g/mol. The van der Waals surface area contributed by atoms with Gasteiger partial charge in [-0.05, 0) is 69.2 Å². The summed E-state index contributed by atoms with van der Waals surface area (Å²) in [5, 5.41) is 7.49. The molecule has 1 N–H and O–H groups in total. The zero-order valence-electron chi connectivity index (χ0n) is 16.3. The smallest absolute Gasteiger partial charge is 0.271 e. The number of nitrogens with zero attached hydrogens (tertiary/aromatic N) is 3. The van der Waals surface area contributed by atoms with Gasteiger partial charge in [0.15, 0.2) is 5.82 Å². The molecule has 2 heterocycles. The minimum Gasteiger partial charge on any atom is -0.494 e. The Morgan fingerprint density at radius 3 is 2.62 bits per heavy atom. The predicted molar refractivity (Wildman–Crippen MR) is 109 cm³/mol. The Kier molecular flexibility index (Phi) is 6.82. The van der Waals surface area contributed by atoms with E-state index >= 15 is 0 Å². The number of hydrogen-bond acceptors (Lipinski definition) is 4. The Balaban J connectivity index is 1.49. The van der Waals surface area contributed by atoms with Gasteiger partial charge in [-0.1, -0.05) is 11.6 Å². The highest BCUT2D eigenvalue weighted by atomic mass is 35.5. The average molecular weight is 417 g/mol. The minimum atomic E-state index is -0.335. The first-order valence-corrected chi connectivity index (χ1v) is 9.68. The normalized spacial score (nSPS) is 10.8. The largest absolute Gasteiger partial charge is 0.494 e. The molecule has 0 radical (unpaired) electrons. The van der Waals surface area contributed by atoms with Crippen molar-refractivity contribution in [3.05, 3.63) is 70.4 Å². The number of benzene rings is 1. The molecule has 1 aromatic carbocycles. The summed E-state index contributed by atoms with van der Waals surface area (Å²) in [6.45, 7) is 4.76. The number of nitrogens with one attached hydrogen (secondary N) is 1. The number of pyridine rings is 1. The fraction of sp³-hybridized carbons (Fsp3) is 0.286. The third-order valence-corrected chi connectivity index (χ3v) is 4.52. The molecule has 152 valence electrons. The van der Waals surface area contributed by atoms with Gasteiger partial charge in [-0.2, -0.15) is 5.10 Å². The van der Waals surface area contributed by atoms with Crippen molar-refractivity contribution in [2.45, 2.75) is 26.7 Å². The fourth-order valence-corrected chi connectivity index (χ4v) is 2.99. The lowest BCUT2D eigenvalue weighted by molar-refractivity contribution is 0.0947. The van der Waals surface area contributed by atoms with E-state index in [-0.39, 0.29) is 22.4 Å². The van der Waals surface area contributed by atoms with Crippen LogP contribution >= 0.6 is 11.6 Å². The topological polar surface area (TPSA) is 69.0 Å². The lowest BCUT2D eigenvalue weighted by atomic mass is 10.3. The van der Waals surface area contributed by atoms with Crippen LogP contribution in [-0.4, -0.2) is 33.8 Å². The van der Waals surface area contributed by atoms with Crippen molar-refractivity contribution in [3.63, 3.8) is 0 Å². The summed E-state index contributed by atoms with van der Waals surface area (Å²) in [6, 6.07) is 11.2. The number of hydrogen-bond donors (Lipinski definition) is 1. The molecule has 6 nitrogen and oxygen atoms in total. The van der Waals surface area contributed by atoms with Crippen LogP contribution in [-0.2, 0) is 0 Å². The number of carbonyl (C=O) groups is 1. The Bertz CT molecular complexity index is 989. The van der Waals surface area contributed by atoms with E-state index < -0.39 is 0 Å². The number of ether oxygens (including phenoxy) is 1. The molecule has 0 bridgehead atoms. The quantitative estimate of drug-likeness (QED) is 0.557. The van der Waals surface area contributed by atoms with Crippen LogP contribution in [0, 0.1) is 19.7 Å². The first-order valence-electron chi connectivity index (χ1n) is 9.31. The molecule has 2 aromatic heterocycles. The lowest BCUT2D eigenvalue weighted by Gasteiger charge is -2.09. The first kappa shape index (κ1) is 20.8. The van der Waals surface area contributed by atoms with Crippen molar-refractivity contribution in [1.29, 1.82) is 0 Å². The number of unbranched alkanes of at least 4 members (excludes halogenated alkanes) is 1. The van der Waals surface area contributed by atoms with E-state index in [9.17, 15) is 9.18 Å². The zero-order valence-corrected chi connectivity index (χ0v) is 17.0. The lowest BCUT2D eigenvalue weighted by Crippen LogP contribution is -2.26. The van der Waals surface area contributed by atoms with Gasteiger partial charge in [-0.25, -0.2) is 14.1 Å². The number of amides is 1. The van der Waals surface area contributed by atoms with Crippen LogP contribution in [0.3, 0.4) is 0 Å². The Labute approximate surface area is 173 Å². The molecular weight excluding hydrogens is 395 g/mol. The van der Waals surface area contributed by atoms with E-state index in [2.05, 4.69) is 15.4 Å². The average Bonchev–Trinajstić information content (AvgIpc) is 3.04. The van der Waals surface area contributed by atoms with Gasteiger partial charge in [0.1, 0.15) is 17.3 Å². The van der Waals surface area contributed by atoms with Crippen LogP contribution < -0.4 is 10.1 Å². The van der Waals surface area contributed by atoms with Gasteiger partial charge in [-0.15, -0.1) is 0 Å². The van der Waals surface area contributed by atoms with Crippen molar-refractivity contribution in [2.75, 3.05) is 13.2 Å². The van der Waals surface area contributed by atoms with Crippen molar-refractivity contribution in [2.24, 2.45) is 0 Å². The highest BCUT2D eigenvalue weighted by molar-refractivity contribution is 6.33. The van der Waals surface area contributed by atoms with Crippen LogP contribution in [0.15, 0.2) is 42.5 Å². The van der Waals surface area contributed by atoms with Crippen molar-refractivity contribution < 1.29 is 13.9 Å². The Morgan fingerprint density at radius 2 is 1.93 bits per heavy atom. The highest BCUT2D eigenvalue weighted by Crippen LogP contribution is 2.18. The van der Waals surface area contributed by atoms with Crippen LogP contribution in [0.5, 0.6) is 5.75 Å². The summed E-state index contributed by atoms with van der Waals surface area (Å²) in [7, 11) is 0. The van der Waals surface area contributed by atoms with Crippen molar-refractivity contribution >= 4 is 17.5 Å². The molecule has 0 aliphatic carbocycles. The van der Waals surface area contributed by atoms with E-state index in [4.69, 9.17) is 16.3 Å². The Morgan fingerprint density at radius 1 is 1.17 bits per heavy atom. The third-order valence-electron chi connectivity index (χ3n) is 4.21. The second kappa shape index (κ2) is 9.52. The first-order chi connectivity index (χ1) is 13.9. The van der Waals surface area contributed by atoms with Crippen LogP contribution in [0.2, 0.25) is 5.02 Å². The number of halogens is 2. The summed E-state index contributed by atoms with van der Waals surface area (Å²) in [6.07, 6.45) is 1.46. The maximum atomic E-state index is 12.8. The van der Waals surface area contributed by atoms with E-state index in [1.165, 1.54) is 12.1 Å². The second-order valence-electron chi connectivity index (χ2n) is 6.60. The van der Waals surface area contributed by atoms with Gasteiger partial charge in [0.05, 0.1) is 17.3 Å². The molecule has 0 aliphatic heterocycles. The predicted octanol–water partition coefficient (Wildman–Crippen LogP) is 4.27. The van der Waals surface area contributed by atoms with E-state index in [0.717, 1.165) is 24.2 Å². The zero-order chi connectivity index (χ0) is 20.8.